The van der Waals surface area contributed by atoms with E-state index in [9.17, 15) is 9.59 Å². The second kappa shape index (κ2) is 7.23. The summed E-state index contributed by atoms with van der Waals surface area (Å²) < 4.78 is 10.5. The molecule has 2 aromatic carbocycles. The van der Waals surface area contributed by atoms with Gasteiger partial charge in [-0.1, -0.05) is 24.3 Å². The van der Waals surface area contributed by atoms with Crippen LogP contribution in [0.4, 0.5) is 0 Å². The Morgan fingerprint density at radius 2 is 1.73 bits per heavy atom. The molecule has 1 aliphatic heterocycles. The van der Waals surface area contributed by atoms with Crippen molar-refractivity contribution in [3.63, 3.8) is 0 Å². The van der Waals surface area contributed by atoms with E-state index >= 15 is 0 Å². The highest BCUT2D eigenvalue weighted by molar-refractivity contribution is 6.30. The molecule has 2 aromatic rings. The predicted molar refractivity (Wildman–Crippen MR) is 98.3 cm³/mol. The SMILES string of the molecule is COc1ccc(/C=C2/C(=O)N(C(=O)c3ccccc3)N=C2C)cc1OC. The molecule has 0 spiro atoms. The Morgan fingerprint density at radius 3 is 2.38 bits per heavy atom. The molecule has 0 fully saturated rings. The monoisotopic (exact) mass is 350 g/mol. The van der Waals surface area contributed by atoms with E-state index in [1.54, 1.807) is 75.8 Å². The van der Waals surface area contributed by atoms with E-state index in [-0.39, 0.29) is 0 Å². The zero-order valence-electron chi connectivity index (χ0n) is 14.7. The van der Waals surface area contributed by atoms with Crippen LogP contribution in [0.25, 0.3) is 6.08 Å². The zero-order valence-corrected chi connectivity index (χ0v) is 14.7. The van der Waals surface area contributed by atoms with Crippen LogP contribution in [0.2, 0.25) is 0 Å². The number of methoxy groups -OCH3 is 2. The second-order valence-electron chi connectivity index (χ2n) is 5.65. The van der Waals surface area contributed by atoms with Crippen molar-refractivity contribution in [1.82, 2.24) is 5.01 Å². The summed E-state index contributed by atoms with van der Waals surface area (Å²) in [4.78, 5) is 25.2. The van der Waals surface area contributed by atoms with Crippen molar-refractivity contribution in [2.45, 2.75) is 6.92 Å². The van der Waals surface area contributed by atoms with E-state index in [0.29, 0.717) is 28.3 Å². The van der Waals surface area contributed by atoms with Gasteiger partial charge in [0.25, 0.3) is 11.8 Å². The van der Waals surface area contributed by atoms with Crippen molar-refractivity contribution in [3.8, 4) is 11.5 Å². The highest BCUT2D eigenvalue weighted by Gasteiger charge is 2.32. The summed E-state index contributed by atoms with van der Waals surface area (Å²) in [6, 6.07) is 13.9. The van der Waals surface area contributed by atoms with Crippen LogP contribution >= 0.6 is 0 Å². The van der Waals surface area contributed by atoms with Crippen molar-refractivity contribution in [1.29, 1.82) is 0 Å². The van der Waals surface area contributed by atoms with Crippen molar-refractivity contribution < 1.29 is 19.1 Å². The average molecular weight is 350 g/mol. The predicted octanol–water partition coefficient (Wildman–Crippen LogP) is 3.15. The number of imide groups is 1. The lowest BCUT2D eigenvalue weighted by molar-refractivity contribution is -0.123. The standard InChI is InChI=1S/C20H18N2O4/c1-13-16(11-14-9-10-17(25-2)18(12-14)26-3)20(24)22(21-13)19(23)15-7-5-4-6-8-15/h4-12H,1-3H3/b16-11+. The molecule has 0 unspecified atom stereocenters. The summed E-state index contributed by atoms with van der Waals surface area (Å²) in [6.07, 6.45) is 1.68. The van der Waals surface area contributed by atoms with Crippen LogP contribution in [0.15, 0.2) is 59.2 Å². The fourth-order valence-electron chi connectivity index (χ4n) is 2.63. The van der Waals surface area contributed by atoms with Crippen LogP contribution in [0.3, 0.4) is 0 Å². The van der Waals surface area contributed by atoms with Crippen LogP contribution in [-0.4, -0.2) is 36.8 Å². The maximum atomic E-state index is 12.7. The summed E-state index contributed by atoms with van der Waals surface area (Å²) in [5.41, 5.74) is 2.00. The van der Waals surface area contributed by atoms with E-state index in [0.717, 1.165) is 10.6 Å². The Labute approximate surface area is 151 Å². The lowest BCUT2D eigenvalue weighted by Gasteiger charge is -2.10. The number of hydrogen-bond acceptors (Lipinski definition) is 5. The molecule has 6 nitrogen and oxygen atoms in total. The summed E-state index contributed by atoms with van der Waals surface area (Å²) in [7, 11) is 3.10. The number of hydrogen-bond donors (Lipinski definition) is 0. The van der Waals surface area contributed by atoms with Gasteiger partial charge in [0.2, 0.25) is 0 Å². The van der Waals surface area contributed by atoms with Gasteiger partial charge in [-0.3, -0.25) is 9.59 Å². The lowest BCUT2D eigenvalue weighted by atomic mass is 10.1. The molecule has 132 valence electrons. The second-order valence-corrected chi connectivity index (χ2v) is 5.65. The molecule has 2 amide bonds. The van der Waals surface area contributed by atoms with E-state index in [1.807, 2.05) is 0 Å². The number of benzene rings is 2. The number of amides is 2. The smallest absolute Gasteiger partial charge is 0.283 e. The number of ether oxygens (including phenoxy) is 2. The van der Waals surface area contributed by atoms with E-state index in [4.69, 9.17) is 9.47 Å². The van der Waals surface area contributed by atoms with Gasteiger partial charge in [0.15, 0.2) is 11.5 Å². The fraction of sp³-hybridized carbons (Fsp3) is 0.150. The van der Waals surface area contributed by atoms with Gasteiger partial charge in [-0.15, -0.1) is 0 Å². The first-order chi connectivity index (χ1) is 12.5. The molecule has 0 N–H and O–H groups in total. The van der Waals surface area contributed by atoms with E-state index in [2.05, 4.69) is 5.10 Å². The molecule has 0 saturated heterocycles. The molecule has 26 heavy (non-hydrogen) atoms. The molecule has 0 atom stereocenters. The number of hydrazone groups is 1. The minimum atomic E-state index is -0.453. The Hall–Kier alpha value is -3.41. The highest BCUT2D eigenvalue weighted by atomic mass is 16.5. The molecule has 1 heterocycles. The number of carbonyl (C=O) groups excluding carboxylic acids is 2. The maximum Gasteiger partial charge on any atom is 0.283 e. The first-order valence-corrected chi connectivity index (χ1v) is 7.98. The van der Waals surface area contributed by atoms with Crippen LogP contribution in [0.5, 0.6) is 11.5 Å². The van der Waals surface area contributed by atoms with Gasteiger partial charge in [-0.05, 0) is 42.8 Å². The minimum absolute atomic E-state index is 0.363. The van der Waals surface area contributed by atoms with Gasteiger partial charge in [-0.25, -0.2) is 0 Å². The summed E-state index contributed by atoms with van der Waals surface area (Å²) >= 11 is 0. The molecule has 1 aliphatic rings. The van der Waals surface area contributed by atoms with Crippen molar-refractivity contribution in [2.75, 3.05) is 14.2 Å². The molecule has 0 radical (unpaired) electrons. The van der Waals surface area contributed by atoms with Gasteiger partial charge in [0, 0.05) is 5.56 Å². The first-order valence-electron chi connectivity index (χ1n) is 7.98. The highest BCUT2D eigenvalue weighted by Crippen LogP contribution is 2.29. The summed E-state index contributed by atoms with van der Waals surface area (Å²) in [5.74, 6) is 0.245. The quantitative estimate of drug-likeness (QED) is 0.627. The third-order valence-electron chi connectivity index (χ3n) is 3.99. The Kier molecular flexibility index (Phi) is 4.84. The van der Waals surface area contributed by atoms with E-state index < -0.39 is 11.8 Å². The fourth-order valence-corrected chi connectivity index (χ4v) is 2.63. The van der Waals surface area contributed by atoms with Crippen LogP contribution in [0.1, 0.15) is 22.8 Å². The van der Waals surface area contributed by atoms with E-state index in [1.165, 1.54) is 0 Å². The van der Waals surface area contributed by atoms with Gasteiger partial charge in [-0.2, -0.15) is 10.1 Å². The number of nitrogens with zero attached hydrogens (tertiary/aromatic N) is 2. The minimum Gasteiger partial charge on any atom is -0.493 e. The summed E-state index contributed by atoms with van der Waals surface area (Å²) in [6.45, 7) is 1.70. The molecular formula is C20H18N2O4. The van der Waals surface area contributed by atoms with Crippen LogP contribution in [-0.2, 0) is 4.79 Å². The van der Waals surface area contributed by atoms with Crippen molar-refractivity contribution in [2.24, 2.45) is 5.10 Å². The first kappa shape index (κ1) is 17.4. The Morgan fingerprint density at radius 1 is 1.04 bits per heavy atom. The van der Waals surface area contributed by atoms with Gasteiger partial charge < -0.3 is 9.47 Å². The molecule has 3 rings (SSSR count). The number of rotatable bonds is 4. The van der Waals surface area contributed by atoms with Gasteiger partial charge in [0.05, 0.1) is 25.5 Å². The molecule has 0 aromatic heterocycles. The van der Waals surface area contributed by atoms with Gasteiger partial charge in [0.1, 0.15) is 0 Å². The Balaban J connectivity index is 1.91. The molecule has 0 bridgehead atoms. The third-order valence-corrected chi connectivity index (χ3v) is 3.99. The lowest BCUT2D eigenvalue weighted by Crippen LogP contribution is -2.29. The third kappa shape index (κ3) is 3.21. The molecular weight excluding hydrogens is 332 g/mol. The summed E-state index contributed by atoms with van der Waals surface area (Å²) in [5, 5.41) is 5.03. The van der Waals surface area contributed by atoms with Crippen LogP contribution < -0.4 is 9.47 Å². The largest absolute Gasteiger partial charge is 0.493 e. The van der Waals surface area contributed by atoms with Gasteiger partial charge >= 0.3 is 0 Å². The molecule has 0 aliphatic carbocycles. The average Bonchev–Trinajstić information content (AvgIpc) is 2.96. The molecule has 0 saturated carbocycles. The Bertz CT molecular complexity index is 917. The zero-order chi connectivity index (χ0) is 18.7. The normalized spacial score (nSPS) is 15.2. The van der Waals surface area contributed by atoms with Crippen molar-refractivity contribution in [3.05, 3.63) is 65.2 Å². The molecule has 6 heteroatoms. The van der Waals surface area contributed by atoms with Crippen LogP contribution in [0, 0.1) is 0 Å². The topological polar surface area (TPSA) is 68.2 Å². The number of carbonyl (C=O) groups is 2. The maximum absolute atomic E-state index is 12.7. The van der Waals surface area contributed by atoms with Crippen molar-refractivity contribution >= 4 is 23.6 Å².